The minimum atomic E-state index is -0.0711. The zero-order valence-corrected chi connectivity index (χ0v) is 16.6. The lowest BCUT2D eigenvalue weighted by Gasteiger charge is -2.45. The summed E-state index contributed by atoms with van der Waals surface area (Å²) < 4.78 is 0. The van der Waals surface area contributed by atoms with Gasteiger partial charge in [-0.25, -0.2) is 0 Å². The van der Waals surface area contributed by atoms with Crippen LogP contribution in [0.5, 0.6) is 0 Å². The molecule has 2 aromatic rings. The van der Waals surface area contributed by atoms with Crippen LogP contribution in [-0.2, 0) is 17.8 Å². The Morgan fingerprint density at radius 2 is 1.96 bits per heavy atom. The number of rotatable bonds is 3. The summed E-state index contributed by atoms with van der Waals surface area (Å²) in [4.78, 5) is 18.9. The molecule has 1 amide bonds. The topological polar surface area (TPSA) is 70.7 Å². The SMILES string of the molecule is NCC(=O)N1CCC2(CC1)Cc1ccccc1NC2=NCc1cccc(Cl)c1. The zero-order chi connectivity index (χ0) is 19.6. The minimum Gasteiger partial charge on any atom is -0.343 e. The van der Waals surface area contributed by atoms with Crippen molar-refractivity contribution in [2.45, 2.75) is 25.8 Å². The summed E-state index contributed by atoms with van der Waals surface area (Å²) in [5.74, 6) is 1.04. The Morgan fingerprint density at radius 1 is 1.18 bits per heavy atom. The number of amidine groups is 1. The number of fused-ring (bicyclic) bond motifs is 1. The molecule has 0 radical (unpaired) electrons. The smallest absolute Gasteiger partial charge is 0.236 e. The predicted octanol–water partition coefficient (Wildman–Crippen LogP) is 3.47. The Balaban J connectivity index is 1.62. The van der Waals surface area contributed by atoms with Gasteiger partial charge in [0.15, 0.2) is 0 Å². The highest BCUT2D eigenvalue weighted by atomic mass is 35.5. The van der Waals surface area contributed by atoms with Crippen molar-refractivity contribution in [2.24, 2.45) is 16.1 Å². The van der Waals surface area contributed by atoms with Gasteiger partial charge in [-0.1, -0.05) is 41.9 Å². The molecule has 0 atom stereocenters. The normalized spacial score (nSPS) is 19.4. The van der Waals surface area contributed by atoms with Gasteiger partial charge in [-0.2, -0.15) is 0 Å². The average Bonchev–Trinajstić information content (AvgIpc) is 2.72. The molecular formula is C22H25ClN4O. The van der Waals surface area contributed by atoms with Crippen LogP contribution in [0.2, 0.25) is 5.02 Å². The maximum atomic E-state index is 12.0. The highest BCUT2D eigenvalue weighted by Crippen LogP contribution is 2.42. The second kappa shape index (κ2) is 7.94. The number of benzene rings is 2. The number of nitrogens with two attached hydrogens (primary N) is 1. The fourth-order valence-electron chi connectivity index (χ4n) is 4.24. The first kappa shape index (κ1) is 19.0. The maximum absolute atomic E-state index is 12.0. The molecule has 1 fully saturated rings. The lowest BCUT2D eigenvalue weighted by molar-refractivity contribution is -0.131. The first-order chi connectivity index (χ1) is 13.6. The molecule has 0 aliphatic carbocycles. The molecule has 0 saturated carbocycles. The number of aliphatic imine (C=N–C) groups is 1. The van der Waals surface area contributed by atoms with E-state index in [1.807, 2.05) is 35.2 Å². The Hall–Kier alpha value is -2.37. The van der Waals surface area contributed by atoms with E-state index in [-0.39, 0.29) is 17.9 Å². The van der Waals surface area contributed by atoms with Crippen LogP contribution in [0.25, 0.3) is 0 Å². The van der Waals surface area contributed by atoms with Crippen LogP contribution in [0.1, 0.15) is 24.0 Å². The van der Waals surface area contributed by atoms with E-state index in [2.05, 4.69) is 23.5 Å². The summed E-state index contributed by atoms with van der Waals surface area (Å²) in [6.07, 6.45) is 2.71. The largest absolute Gasteiger partial charge is 0.343 e. The Kier molecular flexibility index (Phi) is 5.38. The highest BCUT2D eigenvalue weighted by molar-refractivity contribution is 6.30. The lowest BCUT2D eigenvalue weighted by atomic mass is 9.70. The van der Waals surface area contributed by atoms with Crippen molar-refractivity contribution in [3.63, 3.8) is 0 Å². The van der Waals surface area contributed by atoms with Crippen molar-refractivity contribution in [2.75, 3.05) is 25.0 Å². The molecule has 2 heterocycles. The van der Waals surface area contributed by atoms with Gasteiger partial charge in [0.25, 0.3) is 0 Å². The van der Waals surface area contributed by atoms with Crippen molar-refractivity contribution >= 4 is 29.0 Å². The molecule has 146 valence electrons. The number of hydrogen-bond donors (Lipinski definition) is 2. The fourth-order valence-corrected chi connectivity index (χ4v) is 4.46. The van der Waals surface area contributed by atoms with Gasteiger partial charge in [-0.3, -0.25) is 9.79 Å². The number of carbonyl (C=O) groups is 1. The van der Waals surface area contributed by atoms with Crippen LogP contribution >= 0.6 is 11.6 Å². The Bertz CT molecular complexity index is 903. The van der Waals surface area contributed by atoms with E-state index >= 15 is 0 Å². The quantitative estimate of drug-likeness (QED) is 0.834. The van der Waals surface area contributed by atoms with Crippen molar-refractivity contribution in [1.82, 2.24) is 4.90 Å². The number of para-hydroxylation sites is 1. The van der Waals surface area contributed by atoms with Crippen LogP contribution < -0.4 is 11.1 Å². The van der Waals surface area contributed by atoms with Gasteiger partial charge in [-0.15, -0.1) is 0 Å². The molecule has 4 rings (SSSR count). The number of anilines is 1. The Morgan fingerprint density at radius 3 is 2.71 bits per heavy atom. The molecule has 2 aliphatic heterocycles. The fraction of sp³-hybridized carbons (Fsp3) is 0.364. The minimum absolute atomic E-state index is 0.0245. The van der Waals surface area contributed by atoms with Crippen molar-refractivity contribution < 1.29 is 4.79 Å². The van der Waals surface area contributed by atoms with Crippen LogP contribution in [0.4, 0.5) is 5.69 Å². The summed E-state index contributed by atoms with van der Waals surface area (Å²) in [5.41, 5.74) is 9.00. The first-order valence-corrected chi connectivity index (χ1v) is 10.1. The van der Waals surface area contributed by atoms with E-state index in [1.54, 1.807) is 0 Å². The van der Waals surface area contributed by atoms with Crippen LogP contribution in [0, 0.1) is 5.41 Å². The van der Waals surface area contributed by atoms with Gasteiger partial charge in [0.05, 0.1) is 13.1 Å². The van der Waals surface area contributed by atoms with Crippen LogP contribution in [0.15, 0.2) is 53.5 Å². The van der Waals surface area contributed by atoms with Gasteiger partial charge in [0.1, 0.15) is 5.84 Å². The molecular weight excluding hydrogens is 372 g/mol. The number of piperidine rings is 1. The molecule has 0 unspecified atom stereocenters. The second-order valence-corrected chi connectivity index (χ2v) is 8.06. The van der Waals surface area contributed by atoms with Gasteiger partial charge in [0, 0.05) is 29.2 Å². The molecule has 28 heavy (non-hydrogen) atoms. The Labute approximate surface area is 170 Å². The molecule has 1 saturated heterocycles. The second-order valence-electron chi connectivity index (χ2n) is 7.62. The third kappa shape index (κ3) is 3.77. The number of nitrogens with one attached hydrogen (secondary N) is 1. The number of hydrogen-bond acceptors (Lipinski definition) is 3. The summed E-state index contributed by atoms with van der Waals surface area (Å²) in [5, 5.41) is 4.31. The third-order valence-corrected chi connectivity index (χ3v) is 6.09. The molecule has 0 bridgehead atoms. The maximum Gasteiger partial charge on any atom is 0.236 e. The summed E-state index contributed by atoms with van der Waals surface area (Å²) in [6.45, 7) is 2.09. The molecule has 2 aromatic carbocycles. The monoisotopic (exact) mass is 396 g/mol. The molecule has 2 aliphatic rings. The number of halogens is 1. The van der Waals surface area contributed by atoms with Crippen molar-refractivity contribution in [3.8, 4) is 0 Å². The van der Waals surface area contributed by atoms with Crippen molar-refractivity contribution in [1.29, 1.82) is 0 Å². The molecule has 5 nitrogen and oxygen atoms in total. The molecule has 0 aromatic heterocycles. The highest BCUT2D eigenvalue weighted by Gasteiger charge is 2.43. The van der Waals surface area contributed by atoms with E-state index in [0.717, 1.165) is 54.5 Å². The summed E-state index contributed by atoms with van der Waals surface area (Å²) >= 11 is 6.12. The van der Waals surface area contributed by atoms with E-state index in [0.29, 0.717) is 6.54 Å². The standard InChI is InChI=1S/C22H25ClN4O/c23-18-6-3-4-16(12-18)15-25-21-22(8-10-27(11-9-22)20(28)14-24)13-17-5-1-2-7-19(17)26-21/h1-7,12H,8-11,13-15,24H2,(H,25,26). The van der Waals surface area contributed by atoms with Crippen LogP contribution in [0.3, 0.4) is 0 Å². The van der Waals surface area contributed by atoms with E-state index < -0.39 is 0 Å². The van der Waals surface area contributed by atoms with Gasteiger partial charge >= 0.3 is 0 Å². The first-order valence-electron chi connectivity index (χ1n) is 9.72. The average molecular weight is 397 g/mol. The predicted molar refractivity (Wildman–Crippen MR) is 114 cm³/mol. The summed E-state index contributed by atoms with van der Waals surface area (Å²) in [6, 6.07) is 16.2. The number of amides is 1. The summed E-state index contributed by atoms with van der Waals surface area (Å²) in [7, 11) is 0. The van der Waals surface area contributed by atoms with Gasteiger partial charge < -0.3 is 16.0 Å². The van der Waals surface area contributed by atoms with E-state index in [1.165, 1.54) is 5.56 Å². The zero-order valence-electron chi connectivity index (χ0n) is 15.8. The van der Waals surface area contributed by atoms with Crippen molar-refractivity contribution in [3.05, 3.63) is 64.7 Å². The molecule has 6 heteroatoms. The van der Waals surface area contributed by atoms with Gasteiger partial charge in [0.2, 0.25) is 5.91 Å². The number of nitrogens with zero attached hydrogens (tertiary/aromatic N) is 2. The third-order valence-electron chi connectivity index (χ3n) is 5.86. The van der Waals surface area contributed by atoms with E-state index in [4.69, 9.17) is 22.3 Å². The van der Waals surface area contributed by atoms with Gasteiger partial charge in [-0.05, 0) is 48.6 Å². The number of carbonyl (C=O) groups excluding carboxylic acids is 1. The number of likely N-dealkylation sites (tertiary alicyclic amines) is 1. The van der Waals surface area contributed by atoms with E-state index in [9.17, 15) is 4.79 Å². The molecule has 1 spiro atoms. The molecule has 3 N–H and O–H groups in total. The lowest BCUT2D eigenvalue weighted by Crippen LogP contribution is -2.52. The van der Waals surface area contributed by atoms with Crippen LogP contribution in [-0.4, -0.2) is 36.3 Å².